The molecule has 0 aliphatic heterocycles. The minimum Gasteiger partial charge on any atom is -0.325 e. The number of hydrogen-bond donors (Lipinski definition) is 1. The van der Waals surface area contributed by atoms with Crippen LogP contribution in [0.15, 0.2) is 0 Å². The fourth-order valence-corrected chi connectivity index (χ4v) is 2.12. The van der Waals surface area contributed by atoms with Crippen LogP contribution in [0.4, 0.5) is 0 Å². The van der Waals surface area contributed by atoms with E-state index in [1.807, 2.05) is 13.8 Å². The summed E-state index contributed by atoms with van der Waals surface area (Å²) in [5.74, 6) is 1.01. The molecule has 0 atom stereocenters. The normalized spacial score (nSPS) is 19.3. The van der Waals surface area contributed by atoms with E-state index in [-0.39, 0.29) is 5.54 Å². The van der Waals surface area contributed by atoms with E-state index in [9.17, 15) is 4.79 Å². The molecule has 2 heteroatoms. The number of carbonyl (C=O) groups is 1. The summed E-state index contributed by atoms with van der Waals surface area (Å²) in [6, 6.07) is 0. The van der Waals surface area contributed by atoms with Crippen molar-refractivity contribution in [3.63, 3.8) is 0 Å². The van der Waals surface area contributed by atoms with Crippen LogP contribution in [0.1, 0.15) is 52.4 Å². The predicted octanol–water partition coefficient (Wildman–Crippen LogP) is 2.26. The first-order chi connectivity index (χ1) is 5.97. The highest BCUT2D eigenvalue weighted by Gasteiger charge is 2.22. The summed E-state index contributed by atoms with van der Waals surface area (Å²) in [7, 11) is 0. The second kappa shape index (κ2) is 4.23. The third-order valence-electron chi connectivity index (χ3n) is 2.64. The minimum atomic E-state index is -0.324. The zero-order chi connectivity index (χ0) is 9.90. The van der Waals surface area contributed by atoms with Crippen molar-refractivity contribution < 1.29 is 4.79 Å². The van der Waals surface area contributed by atoms with Crippen molar-refractivity contribution in [1.82, 2.24) is 0 Å². The minimum absolute atomic E-state index is 0.324. The van der Waals surface area contributed by atoms with Crippen LogP contribution in [-0.2, 0) is 4.79 Å². The van der Waals surface area contributed by atoms with Gasteiger partial charge in [0.2, 0.25) is 0 Å². The van der Waals surface area contributed by atoms with E-state index in [0.717, 1.165) is 6.42 Å². The molecule has 1 fully saturated rings. The summed E-state index contributed by atoms with van der Waals surface area (Å²) in [6.07, 6.45) is 6.41. The maximum atomic E-state index is 11.5. The highest BCUT2D eigenvalue weighted by molar-refractivity contribution is 5.79. The molecular weight excluding hydrogens is 162 g/mol. The topological polar surface area (TPSA) is 43.1 Å². The number of Topliss-reactive ketones (excluding diaryl/α,β-unsaturated/α-hetero) is 1. The average Bonchev–Trinajstić information content (AvgIpc) is 2.34. The van der Waals surface area contributed by atoms with Crippen molar-refractivity contribution in [1.29, 1.82) is 0 Å². The molecule has 1 aliphatic carbocycles. The molecule has 13 heavy (non-hydrogen) atoms. The summed E-state index contributed by atoms with van der Waals surface area (Å²) < 4.78 is 0. The van der Waals surface area contributed by atoms with Crippen LogP contribution in [0.2, 0.25) is 0 Å². The lowest BCUT2D eigenvalue weighted by molar-refractivity contribution is -0.120. The molecule has 1 rings (SSSR count). The first-order valence-electron chi connectivity index (χ1n) is 5.28. The monoisotopic (exact) mass is 183 g/mol. The third kappa shape index (κ3) is 4.41. The first kappa shape index (κ1) is 10.7. The molecule has 2 nitrogen and oxygen atoms in total. The first-order valence-corrected chi connectivity index (χ1v) is 5.28. The van der Waals surface area contributed by atoms with Crippen molar-refractivity contribution in [3.8, 4) is 0 Å². The van der Waals surface area contributed by atoms with E-state index in [0.29, 0.717) is 18.1 Å². The molecule has 0 unspecified atom stereocenters. The number of ketones is 1. The van der Waals surface area contributed by atoms with Crippen molar-refractivity contribution >= 4 is 5.78 Å². The lowest BCUT2D eigenvalue weighted by Gasteiger charge is -2.18. The summed E-state index contributed by atoms with van der Waals surface area (Å²) in [6.45, 7) is 3.83. The van der Waals surface area contributed by atoms with E-state index in [4.69, 9.17) is 5.73 Å². The fourth-order valence-electron chi connectivity index (χ4n) is 2.12. The lowest BCUT2D eigenvalue weighted by atomic mass is 9.92. The van der Waals surface area contributed by atoms with Crippen LogP contribution in [0, 0.1) is 5.92 Å². The lowest BCUT2D eigenvalue weighted by Crippen LogP contribution is -2.34. The van der Waals surface area contributed by atoms with Gasteiger partial charge < -0.3 is 5.73 Å². The Bertz CT molecular complexity index is 175. The van der Waals surface area contributed by atoms with Crippen molar-refractivity contribution in [3.05, 3.63) is 0 Å². The van der Waals surface area contributed by atoms with E-state index in [2.05, 4.69) is 0 Å². The molecule has 76 valence electrons. The predicted molar refractivity (Wildman–Crippen MR) is 54.5 cm³/mol. The largest absolute Gasteiger partial charge is 0.325 e. The Balaban J connectivity index is 2.24. The van der Waals surface area contributed by atoms with Crippen LogP contribution in [0.3, 0.4) is 0 Å². The molecule has 0 heterocycles. The Morgan fingerprint density at radius 3 is 2.38 bits per heavy atom. The van der Waals surface area contributed by atoms with Crippen LogP contribution in [-0.4, -0.2) is 11.3 Å². The van der Waals surface area contributed by atoms with Gasteiger partial charge in [-0.1, -0.05) is 25.7 Å². The Kier molecular flexibility index (Phi) is 3.48. The Hall–Kier alpha value is -0.370. The molecule has 0 saturated heterocycles. The number of carbonyl (C=O) groups excluding carboxylic acids is 1. The summed E-state index contributed by atoms with van der Waals surface area (Å²) in [5, 5.41) is 0. The maximum absolute atomic E-state index is 11.5. The molecule has 0 spiro atoms. The van der Waals surface area contributed by atoms with Crippen molar-refractivity contribution in [2.75, 3.05) is 0 Å². The van der Waals surface area contributed by atoms with Crippen molar-refractivity contribution in [2.45, 2.75) is 57.9 Å². The average molecular weight is 183 g/mol. The Morgan fingerprint density at radius 1 is 1.38 bits per heavy atom. The van der Waals surface area contributed by atoms with Gasteiger partial charge in [0.25, 0.3) is 0 Å². The standard InChI is InChI=1S/C11H21NO/c1-11(2,12)8-10(13)7-9-5-3-4-6-9/h9H,3-8,12H2,1-2H3. The highest BCUT2D eigenvalue weighted by Crippen LogP contribution is 2.28. The van der Waals surface area contributed by atoms with Gasteiger partial charge in [0, 0.05) is 18.4 Å². The van der Waals surface area contributed by atoms with Crippen LogP contribution in [0.5, 0.6) is 0 Å². The third-order valence-corrected chi connectivity index (χ3v) is 2.64. The molecule has 0 aromatic heterocycles. The maximum Gasteiger partial charge on any atom is 0.134 e. The van der Waals surface area contributed by atoms with Gasteiger partial charge in [-0.3, -0.25) is 4.79 Å². The Morgan fingerprint density at radius 2 is 1.92 bits per heavy atom. The van der Waals surface area contributed by atoms with Gasteiger partial charge in [0.05, 0.1) is 0 Å². The van der Waals surface area contributed by atoms with Gasteiger partial charge in [-0.05, 0) is 19.8 Å². The van der Waals surface area contributed by atoms with Crippen LogP contribution < -0.4 is 5.73 Å². The van der Waals surface area contributed by atoms with Gasteiger partial charge in [-0.2, -0.15) is 0 Å². The van der Waals surface area contributed by atoms with Gasteiger partial charge in [-0.25, -0.2) is 0 Å². The molecule has 2 N–H and O–H groups in total. The Labute approximate surface area is 80.9 Å². The second-order valence-corrected chi connectivity index (χ2v) is 5.06. The van der Waals surface area contributed by atoms with Crippen molar-refractivity contribution in [2.24, 2.45) is 11.7 Å². The smallest absolute Gasteiger partial charge is 0.134 e. The van der Waals surface area contributed by atoms with E-state index in [1.165, 1.54) is 25.7 Å². The molecule has 0 aromatic rings. The fraction of sp³-hybridized carbons (Fsp3) is 0.909. The highest BCUT2D eigenvalue weighted by atomic mass is 16.1. The zero-order valence-corrected chi connectivity index (χ0v) is 8.81. The number of nitrogens with two attached hydrogens (primary N) is 1. The molecule has 0 radical (unpaired) electrons. The van der Waals surface area contributed by atoms with E-state index >= 15 is 0 Å². The van der Waals surface area contributed by atoms with E-state index in [1.54, 1.807) is 0 Å². The molecular formula is C11H21NO. The molecule has 1 aliphatic rings. The van der Waals surface area contributed by atoms with E-state index < -0.39 is 0 Å². The van der Waals surface area contributed by atoms with Crippen LogP contribution in [0.25, 0.3) is 0 Å². The van der Waals surface area contributed by atoms with Gasteiger partial charge in [0.15, 0.2) is 0 Å². The molecule has 0 aromatic carbocycles. The zero-order valence-electron chi connectivity index (χ0n) is 8.81. The molecule has 1 saturated carbocycles. The van der Waals surface area contributed by atoms with Gasteiger partial charge in [0.1, 0.15) is 5.78 Å². The van der Waals surface area contributed by atoms with Crippen LogP contribution >= 0.6 is 0 Å². The number of rotatable bonds is 4. The summed E-state index contributed by atoms with van der Waals surface area (Å²) >= 11 is 0. The second-order valence-electron chi connectivity index (χ2n) is 5.06. The summed E-state index contributed by atoms with van der Waals surface area (Å²) in [5.41, 5.74) is 5.47. The van der Waals surface area contributed by atoms with Gasteiger partial charge >= 0.3 is 0 Å². The SMILES string of the molecule is CC(C)(N)CC(=O)CC1CCCC1. The van der Waals surface area contributed by atoms with Gasteiger partial charge in [-0.15, -0.1) is 0 Å². The molecule has 0 bridgehead atoms. The summed E-state index contributed by atoms with van der Waals surface area (Å²) in [4.78, 5) is 11.5. The molecule has 0 amide bonds. The number of hydrogen-bond acceptors (Lipinski definition) is 2. The quantitative estimate of drug-likeness (QED) is 0.726.